The lowest BCUT2D eigenvalue weighted by Gasteiger charge is -2.24. The van der Waals surface area contributed by atoms with E-state index in [0.29, 0.717) is 11.3 Å². The highest BCUT2D eigenvalue weighted by Gasteiger charge is 2.34. The number of hydrogen-bond acceptors (Lipinski definition) is 2. The van der Waals surface area contributed by atoms with Crippen LogP contribution in [0.25, 0.3) is 0 Å². The summed E-state index contributed by atoms with van der Waals surface area (Å²) < 4.78 is 39.4. The Kier molecular flexibility index (Phi) is 3.63. The van der Waals surface area contributed by atoms with E-state index < -0.39 is 22.8 Å². The van der Waals surface area contributed by atoms with Crippen molar-refractivity contribution < 1.29 is 18.0 Å². The minimum absolute atomic E-state index is 0.152. The molecule has 1 aliphatic heterocycles. The Balaban J connectivity index is 1.99. The number of carbonyl (C=O) groups is 1. The molecule has 108 valence electrons. The van der Waals surface area contributed by atoms with Crippen molar-refractivity contribution in [3.8, 4) is 0 Å². The third-order valence-electron chi connectivity index (χ3n) is 3.20. The normalized spacial score (nSPS) is 18.3. The molecule has 0 saturated carbocycles. The second-order valence-electron chi connectivity index (χ2n) is 4.58. The van der Waals surface area contributed by atoms with Gasteiger partial charge >= 0.3 is 0 Å². The number of thioether (sulfide) groups is 1. The highest BCUT2D eigenvalue weighted by molar-refractivity contribution is 8.00. The van der Waals surface area contributed by atoms with Crippen LogP contribution in [0.3, 0.4) is 0 Å². The van der Waals surface area contributed by atoms with Crippen molar-refractivity contribution in [1.29, 1.82) is 0 Å². The summed E-state index contributed by atoms with van der Waals surface area (Å²) in [6.45, 7) is 0. The van der Waals surface area contributed by atoms with Crippen molar-refractivity contribution in [3.63, 3.8) is 0 Å². The third-order valence-corrected chi connectivity index (χ3v) is 4.41. The minimum atomic E-state index is -0.952. The van der Waals surface area contributed by atoms with Gasteiger partial charge in [-0.1, -0.05) is 6.07 Å². The van der Waals surface area contributed by atoms with E-state index in [1.165, 1.54) is 47.0 Å². The largest absolute Gasteiger partial charge is 0.295 e. The lowest BCUT2D eigenvalue weighted by Crippen LogP contribution is -2.27. The zero-order valence-electron chi connectivity index (χ0n) is 10.7. The lowest BCUT2D eigenvalue weighted by molar-refractivity contribution is -0.115. The fourth-order valence-corrected chi connectivity index (χ4v) is 3.38. The molecule has 1 amide bonds. The van der Waals surface area contributed by atoms with Gasteiger partial charge in [-0.25, -0.2) is 13.2 Å². The number of nitrogens with zero attached hydrogens (tertiary/aromatic N) is 1. The van der Waals surface area contributed by atoms with Crippen molar-refractivity contribution in [2.24, 2.45) is 0 Å². The molecular formula is C15H10F3NOS. The van der Waals surface area contributed by atoms with Gasteiger partial charge in [0.2, 0.25) is 5.91 Å². The fourth-order valence-electron chi connectivity index (χ4n) is 2.22. The second kappa shape index (κ2) is 5.44. The molecule has 1 fully saturated rings. The van der Waals surface area contributed by atoms with E-state index >= 15 is 0 Å². The minimum Gasteiger partial charge on any atom is -0.295 e. The maximum absolute atomic E-state index is 13.4. The first-order chi connectivity index (χ1) is 10.1. The van der Waals surface area contributed by atoms with E-state index in [1.807, 2.05) is 0 Å². The molecule has 0 spiro atoms. The number of hydrogen-bond donors (Lipinski definition) is 0. The molecule has 1 saturated heterocycles. The van der Waals surface area contributed by atoms with Crippen LogP contribution in [0.1, 0.15) is 10.9 Å². The van der Waals surface area contributed by atoms with Crippen molar-refractivity contribution in [2.45, 2.75) is 5.37 Å². The van der Waals surface area contributed by atoms with Crippen LogP contribution in [0, 0.1) is 17.5 Å². The van der Waals surface area contributed by atoms with Crippen LogP contribution in [0.2, 0.25) is 0 Å². The van der Waals surface area contributed by atoms with E-state index in [0.717, 1.165) is 12.1 Å². The van der Waals surface area contributed by atoms with Gasteiger partial charge in [-0.3, -0.25) is 9.69 Å². The van der Waals surface area contributed by atoms with Crippen LogP contribution in [0.5, 0.6) is 0 Å². The van der Waals surface area contributed by atoms with Gasteiger partial charge in [-0.2, -0.15) is 0 Å². The van der Waals surface area contributed by atoms with E-state index in [1.54, 1.807) is 0 Å². The second-order valence-corrected chi connectivity index (χ2v) is 5.65. The molecule has 2 aromatic carbocycles. The molecule has 1 aliphatic rings. The van der Waals surface area contributed by atoms with Crippen LogP contribution >= 0.6 is 11.8 Å². The van der Waals surface area contributed by atoms with Crippen LogP contribution in [-0.2, 0) is 4.79 Å². The number of anilines is 1. The molecule has 0 aliphatic carbocycles. The summed E-state index contributed by atoms with van der Waals surface area (Å²) in [5.41, 5.74) is 1.02. The molecule has 0 unspecified atom stereocenters. The number of amides is 1. The summed E-state index contributed by atoms with van der Waals surface area (Å²) in [5.74, 6) is -2.20. The monoisotopic (exact) mass is 309 g/mol. The molecule has 0 bridgehead atoms. The van der Waals surface area contributed by atoms with Crippen molar-refractivity contribution in [3.05, 3.63) is 65.5 Å². The molecule has 2 nitrogen and oxygen atoms in total. The summed E-state index contributed by atoms with van der Waals surface area (Å²) in [6.07, 6.45) is 0. The number of rotatable bonds is 2. The van der Waals surface area contributed by atoms with Gasteiger partial charge in [0, 0.05) is 5.69 Å². The number of benzene rings is 2. The molecule has 3 rings (SSSR count). The van der Waals surface area contributed by atoms with Gasteiger partial charge in [0.15, 0.2) is 11.6 Å². The zero-order valence-corrected chi connectivity index (χ0v) is 11.5. The van der Waals surface area contributed by atoms with Gasteiger partial charge in [0.05, 0.1) is 5.75 Å². The van der Waals surface area contributed by atoms with Gasteiger partial charge < -0.3 is 0 Å². The van der Waals surface area contributed by atoms with Gasteiger partial charge in [-0.15, -0.1) is 11.8 Å². The molecule has 0 N–H and O–H groups in total. The summed E-state index contributed by atoms with van der Waals surface area (Å²) >= 11 is 1.32. The van der Waals surface area contributed by atoms with Crippen molar-refractivity contribution >= 4 is 23.4 Å². The number of halogens is 3. The highest BCUT2D eigenvalue weighted by Crippen LogP contribution is 2.41. The Morgan fingerprint density at radius 1 is 1.00 bits per heavy atom. The first-order valence-corrected chi connectivity index (χ1v) is 7.25. The Bertz CT molecular complexity index is 690. The predicted molar refractivity (Wildman–Crippen MR) is 75.4 cm³/mol. The molecular weight excluding hydrogens is 299 g/mol. The maximum atomic E-state index is 13.4. The molecule has 0 radical (unpaired) electrons. The Morgan fingerprint density at radius 2 is 1.71 bits per heavy atom. The van der Waals surface area contributed by atoms with Crippen LogP contribution in [-0.4, -0.2) is 11.7 Å². The molecule has 21 heavy (non-hydrogen) atoms. The van der Waals surface area contributed by atoms with E-state index in [-0.39, 0.29) is 11.7 Å². The van der Waals surface area contributed by atoms with Crippen molar-refractivity contribution in [1.82, 2.24) is 0 Å². The quantitative estimate of drug-likeness (QED) is 0.839. The first-order valence-electron chi connectivity index (χ1n) is 6.20. The average molecular weight is 309 g/mol. The topological polar surface area (TPSA) is 20.3 Å². The smallest absolute Gasteiger partial charge is 0.238 e. The Labute approximate surface area is 123 Å². The maximum Gasteiger partial charge on any atom is 0.238 e. The van der Waals surface area contributed by atoms with E-state index in [4.69, 9.17) is 0 Å². The summed E-state index contributed by atoms with van der Waals surface area (Å²) in [6, 6.07) is 9.07. The Hall–Kier alpha value is -1.95. The summed E-state index contributed by atoms with van der Waals surface area (Å²) in [5, 5.41) is -0.446. The van der Waals surface area contributed by atoms with Gasteiger partial charge in [-0.05, 0) is 42.0 Å². The predicted octanol–water partition coefficient (Wildman–Crippen LogP) is 3.88. The fraction of sp³-hybridized carbons (Fsp3) is 0.133. The summed E-state index contributed by atoms with van der Waals surface area (Å²) in [7, 11) is 0. The van der Waals surface area contributed by atoms with Crippen LogP contribution in [0.15, 0.2) is 42.5 Å². The van der Waals surface area contributed by atoms with Gasteiger partial charge in [0.1, 0.15) is 11.2 Å². The number of carbonyl (C=O) groups excluding carboxylic acids is 1. The van der Waals surface area contributed by atoms with Gasteiger partial charge in [0.25, 0.3) is 0 Å². The third kappa shape index (κ3) is 2.63. The SMILES string of the molecule is O=C1CS[C@@H](c2ccc(F)c(F)c2)N1c1ccc(F)cc1. The first kappa shape index (κ1) is 14.0. The zero-order chi connectivity index (χ0) is 15.0. The van der Waals surface area contributed by atoms with Crippen molar-refractivity contribution in [2.75, 3.05) is 10.7 Å². The summed E-state index contributed by atoms with van der Waals surface area (Å²) in [4.78, 5) is 13.5. The molecule has 1 heterocycles. The van der Waals surface area contributed by atoms with Crippen LogP contribution < -0.4 is 4.90 Å². The molecule has 6 heteroatoms. The standard InChI is InChI=1S/C15H10F3NOS/c16-10-2-4-11(5-3-10)19-14(20)8-21-15(19)9-1-6-12(17)13(18)7-9/h1-7,15H,8H2/t15-/m0/s1. The van der Waals surface area contributed by atoms with E-state index in [2.05, 4.69) is 0 Å². The van der Waals surface area contributed by atoms with Crippen LogP contribution in [0.4, 0.5) is 18.9 Å². The van der Waals surface area contributed by atoms with E-state index in [9.17, 15) is 18.0 Å². The molecule has 0 aromatic heterocycles. The lowest BCUT2D eigenvalue weighted by atomic mass is 10.1. The molecule has 2 aromatic rings. The highest BCUT2D eigenvalue weighted by atomic mass is 32.2. The average Bonchev–Trinajstić information content (AvgIpc) is 2.85. The molecule has 1 atom stereocenters. The Morgan fingerprint density at radius 3 is 2.38 bits per heavy atom.